The lowest BCUT2D eigenvalue weighted by atomic mass is 10.3. The molecule has 0 bridgehead atoms. The highest BCUT2D eigenvalue weighted by Crippen LogP contribution is 2.08. The third kappa shape index (κ3) is 6.99. The smallest absolute Gasteiger partial charge is 0.410 e. The molecule has 2 saturated heterocycles. The summed E-state index contributed by atoms with van der Waals surface area (Å²) in [5, 5.41) is 6.89. The van der Waals surface area contributed by atoms with E-state index < -0.39 is 0 Å². The highest BCUT2D eigenvalue weighted by Gasteiger charge is 2.27. The fraction of sp³-hybridized carbons (Fsp3) is 0.688. The van der Waals surface area contributed by atoms with Gasteiger partial charge in [0.2, 0.25) is 5.91 Å². The van der Waals surface area contributed by atoms with Crippen LogP contribution in [-0.4, -0.2) is 90.7 Å². The average molecular weight is 341 g/mol. The Bertz CT molecular complexity index is 463. The van der Waals surface area contributed by atoms with Gasteiger partial charge in [-0.25, -0.2) is 4.79 Å². The van der Waals surface area contributed by atoms with Gasteiger partial charge in [-0.1, -0.05) is 11.6 Å². The molecule has 0 unspecified atom stereocenters. The van der Waals surface area contributed by atoms with E-state index in [9.17, 15) is 9.59 Å². The van der Waals surface area contributed by atoms with Crippen LogP contribution < -0.4 is 0 Å². The highest BCUT2D eigenvalue weighted by molar-refractivity contribution is 5.82. The third-order valence-corrected chi connectivity index (χ3v) is 3.87. The number of carboxylic acid groups (broad SMARTS) is 1. The highest BCUT2D eigenvalue weighted by atomic mass is 16.6. The van der Waals surface area contributed by atoms with Crippen LogP contribution in [0.3, 0.4) is 0 Å². The van der Waals surface area contributed by atoms with Crippen LogP contribution >= 0.6 is 0 Å². The molecule has 0 atom stereocenters. The van der Waals surface area contributed by atoms with E-state index in [1.54, 1.807) is 0 Å². The maximum absolute atomic E-state index is 12.3. The standard InChI is InChI=1S/C15H25N3O3.CH2O2/c1-13(2)4-7-16-5-3-6-17(9-8-16)14(19)12-18-10-11-21-15(18)20;2-1-3/h4H,3,5-12H2,1-2H3;1H,(H,2,3). The molecule has 2 amide bonds. The van der Waals surface area contributed by atoms with Crippen molar-refractivity contribution in [1.29, 1.82) is 0 Å². The van der Waals surface area contributed by atoms with Gasteiger partial charge in [-0.2, -0.15) is 0 Å². The normalized spacial score (nSPS) is 18.2. The second kappa shape index (κ2) is 10.6. The first kappa shape index (κ1) is 20.0. The van der Waals surface area contributed by atoms with Gasteiger partial charge in [0.25, 0.3) is 6.47 Å². The van der Waals surface area contributed by atoms with Crippen molar-refractivity contribution in [3.05, 3.63) is 11.6 Å². The molecule has 0 saturated carbocycles. The molecule has 2 heterocycles. The van der Waals surface area contributed by atoms with Crippen molar-refractivity contribution in [2.75, 3.05) is 52.4 Å². The molecule has 2 fully saturated rings. The number of cyclic esters (lactones) is 1. The number of hydrogen-bond acceptors (Lipinski definition) is 5. The monoisotopic (exact) mass is 341 g/mol. The van der Waals surface area contributed by atoms with E-state index in [2.05, 4.69) is 24.8 Å². The molecule has 8 heteroatoms. The minimum Gasteiger partial charge on any atom is -0.483 e. The van der Waals surface area contributed by atoms with Gasteiger partial charge in [0.15, 0.2) is 0 Å². The first-order chi connectivity index (χ1) is 11.5. The second-order valence-electron chi connectivity index (χ2n) is 5.96. The zero-order valence-electron chi connectivity index (χ0n) is 14.4. The molecule has 0 spiro atoms. The van der Waals surface area contributed by atoms with Crippen molar-refractivity contribution < 1.29 is 24.2 Å². The summed E-state index contributed by atoms with van der Waals surface area (Å²) in [6.45, 7) is 9.36. The zero-order chi connectivity index (χ0) is 17.9. The minimum absolute atomic E-state index is 0.0258. The summed E-state index contributed by atoms with van der Waals surface area (Å²) >= 11 is 0. The van der Waals surface area contributed by atoms with E-state index in [1.807, 2.05) is 4.90 Å². The third-order valence-electron chi connectivity index (χ3n) is 3.87. The fourth-order valence-corrected chi connectivity index (χ4v) is 2.55. The Balaban J connectivity index is 0.000000891. The topological polar surface area (TPSA) is 90.4 Å². The Labute approximate surface area is 142 Å². The molecule has 136 valence electrons. The van der Waals surface area contributed by atoms with Crippen LogP contribution in [0.15, 0.2) is 11.6 Å². The molecule has 2 aliphatic heterocycles. The molecule has 0 aromatic heterocycles. The summed E-state index contributed by atoms with van der Waals surface area (Å²) in [6, 6.07) is 0. The van der Waals surface area contributed by atoms with Crippen LogP contribution in [0, 0.1) is 0 Å². The van der Waals surface area contributed by atoms with E-state index in [1.165, 1.54) is 10.5 Å². The lowest BCUT2D eigenvalue weighted by Crippen LogP contribution is -2.42. The SMILES string of the molecule is CC(C)=CCN1CCCN(C(=O)CN2CCOC2=O)CC1.O=CO. The second-order valence-corrected chi connectivity index (χ2v) is 5.96. The number of hydrogen-bond donors (Lipinski definition) is 1. The van der Waals surface area contributed by atoms with Crippen molar-refractivity contribution >= 4 is 18.5 Å². The van der Waals surface area contributed by atoms with E-state index in [0.29, 0.717) is 13.2 Å². The summed E-state index contributed by atoms with van der Waals surface area (Å²) in [7, 11) is 0. The number of ether oxygens (including phenoxy) is 1. The molecule has 0 aromatic carbocycles. The number of carbonyl (C=O) groups excluding carboxylic acids is 2. The van der Waals surface area contributed by atoms with Crippen molar-refractivity contribution in [3.8, 4) is 0 Å². The predicted octanol–water partition coefficient (Wildman–Crippen LogP) is 0.640. The van der Waals surface area contributed by atoms with E-state index in [-0.39, 0.29) is 25.0 Å². The number of amides is 2. The molecule has 8 nitrogen and oxygen atoms in total. The van der Waals surface area contributed by atoms with Gasteiger partial charge in [0, 0.05) is 32.7 Å². The molecule has 2 rings (SSSR count). The predicted molar refractivity (Wildman–Crippen MR) is 88.7 cm³/mol. The number of carbonyl (C=O) groups is 3. The fourth-order valence-electron chi connectivity index (χ4n) is 2.55. The Morgan fingerprint density at radius 1 is 1.21 bits per heavy atom. The van der Waals surface area contributed by atoms with E-state index in [0.717, 1.165) is 39.1 Å². The molecule has 0 aliphatic carbocycles. The van der Waals surface area contributed by atoms with E-state index >= 15 is 0 Å². The van der Waals surface area contributed by atoms with Gasteiger partial charge in [0.05, 0.1) is 6.54 Å². The quantitative estimate of drug-likeness (QED) is 0.596. The minimum atomic E-state index is -0.372. The number of nitrogens with zero attached hydrogens (tertiary/aromatic N) is 3. The summed E-state index contributed by atoms with van der Waals surface area (Å²) in [5.41, 5.74) is 1.32. The molecular formula is C16H27N3O5. The summed E-state index contributed by atoms with van der Waals surface area (Å²) in [6.07, 6.45) is 2.83. The Hall–Kier alpha value is -2.09. The Morgan fingerprint density at radius 2 is 1.92 bits per heavy atom. The van der Waals surface area contributed by atoms with Crippen LogP contribution in [0.4, 0.5) is 4.79 Å². The molecule has 2 aliphatic rings. The van der Waals surface area contributed by atoms with Gasteiger partial charge in [-0.05, 0) is 20.3 Å². The van der Waals surface area contributed by atoms with Crippen molar-refractivity contribution in [1.82, 2.24) is 14.7 Å². The number of allylic oxidation sites excluding steroid dienone is 1. The van der Waals surface area contributed by atoms with Gasteiger partial charge in [-0.15, -0.1) is 0 Å². The zero-order valence-corrected chi connectivity index (χ0v) is 14.4. The number of rotatable bonds is 4. The first-order valence-electron chi connectivity index (χ1n) is 8.11. The van der Waals surface area contributed by atoms with Crippen LogP contribution in [-0.2, 0) is 14.3 Å². The van der Waals surface area contributed by atoms with Crippen LogP contribution in [0.1, 0.15) is 20.3 Å². The largest absolute Gasteiger partial charge is 0.483 e. The van der Waals surface area contributed by atoms with Crippen LogP contribution in [0.2, 0.25) is 0 Å². The van der Waals surface area contributed by atoms with E-state index in [4.69, 9.17) is 14.6 Å². The summed E-state index contributed by atoms with van der Waals surface area (Å²) in [5.74, 6) is 0.0258. The van der Waals surface area contributed by atoms with Gasteiger partial charge >= 0.3 is 6.09 Å². The lowest BCUT2D eigenvalue weighted by molar-refractivity contribution is -0.131. The average Bonchev–Trinajstić information content (AvgIpc) is 2.79. The van der Waals surface area contributed by atoms with Crippen molar-refractivity contribution in [2.24, 2.45) is 0 Å². The van der Waals surface area contributed by atoms with Gasteiger partial charge < -0.3 is 14.7 Å². The first-order valence-corrected chi connectivity index (χ1v) is 8.11. The maximum Gasteiger partial charge on any atom is 0.410 e. The van der Waals surface area contributed by atoms with Crippen molar-refractivity contribution in [2.45, 2.75) is 20.3 Å². The summed E-state index contributed by atoms with van der Waals surface area (Å²) in [4.78, 5) is 37.7. The van der Waals surface area contributed by atoms with Crippen LogP contribution in [0.5, 0.6) is 0 Å². The molecule has 24 heavy (non-hydrogen) atoms. The summed E-state index contributed by atoms with van der Waals surface area (Å²) < 4.78 is 4.85. The van der Waals surface area contributed by atoms with Crippen LogP contribution in [0.25, 0.3) is 0 Å². The molecule has 1 N–H and O–H groups in total. The lowest BCUT2D eigenvalue weighted by Gasteiger charge is -2.23. The Morgan fingerprint density at radius 3 is 2.50 bits per heavy atom. The van der Waals surface area contributed by atoms with Gasteiger partial charge in [-0.3, -0.25) is 19.4 Å². The Kier molecular flexibility index (Phi) is 8.85. The maximum atomic E-state index is 12.3. The molecule has 0 radical (unpaired) electrons. The van der Waals surface area contributed by atoms with Gasteiger partial charge in [0.1, 0.15) is 13.2 Å². The molecular weight excluding hydrogens is 314 g/mol. The molecule has 0 aromatic rings. The van der Waals surface area contributed by atoms with Crippen molar-refractivity contribution in [3.63, 3.8) is 0 Å².